The fourth-order valence-electron chi connectivity index (χ4n) is 2.08. The van der Waals surface area contributed by atoms with Crippen molar-refractivity contribution >= 4 is 29.0 Å². The molecule has 0 atom stereocenters. The molecule has 0 saturated heterocycles. The van der Waals surface area contributed by atoms with Gasteiger partial charge in [-0.15, -0.1) is 0 Å². The van der Waals surface area contributed by atoms with Gasteiger partial charge >= 0.3 is 5.69 Å². The van der Waals surface area contributed by atoms with Gasteiger partial charge in [0, 0.05) is 17.3 Å². The molecule has 24 heavy (non-hydrogen) atoms. The Kier molecular flexibility index (Phi) is 4.25. The van der Waals surface area contributed by atoms with Crippen LogP contribution < -0.4 is 5.32 Å². The first-order chi connectivity index (χ1) is 11.5. The number of rotatable bonds is 5. The topological polar surface area (TPSA) is 119 Å². The van der Waals surface area contributed by atoms with Gasteiger partial charge < -0.3 is 5.32 Å². The summed E-state index contributed by atoms with van der Waals surface area (Å²) in [5.41, 5.74) is 0.244. The zero-order valence-corrected chi connectivity index (χ0v) is 12.9. The molecular formula is C14H11ClN6O3. The maximum absolute atomic E-state index is 12.1. The molecule has 122 valence electrons. The lowest BCUT2D eigenvalue weighted by Crippen LogP contribution is -2.15. The van der Waals surface area contributed by atoms with E-state index >= 15 is 0 Å². The Balaban J connectivity index is 1.72. The lowest BCUT2D eigenvalue weighted by molar-refractivity contribution is -0.385. The largest absolute Gasteiger partial charge is 0.319 e. The second-order valence-electron chi connectivity index (χ2n) is 4.83. The van der Waals surface area contributed by atoms with Crippen molar-refractivity contribution in [3.8, 4) is 0 Å². The molecular weight excluding hydrogens is 336 g/mol. The molecule has 9 nitrogen and oxygen atoms in total. The number of aromatic amines is 1. The molecule has 0 fully saturated rings. The lowest BCUT2D eigenvalue weighted by atomic mass is 10.2. The number of amides is 1. The van der Waals surface area contributed by atoms with Crippen molar-refractivity contribution in [2.45, 2.75) is 6.54 Å². The zero-order valence-electron chi connectivity index (χ0n) is 12.1. The molecule has 0 radical (unpaired) electrons. The zero-order chi connectivity index (χ0) is 17.1. The number of aromatic nitrogens is 4. The van der Waals surface area contributed by atoms with E-state index in [-0.39, 0.29) is 11.5 Å². The minimum absolute atomic E-state index is 0.236. The van der Waals surface area contributed by atoms with E-state index in [1.807, 2.05) is 18.2 Å². The fourth-order valence-corrected chi connectivity index (χ4v) is 2.28. The van der Waals surface area contributed by atoms with Crippen LogP contribution in [0.4, 0.5) is 11.5 Å². The molecule has 0 unspecified atom stereocenters. The first-order valence-corrected chi connectivity index (χ1v) is 7.18. The van der Waals surface area contributed by atoms with E-state index in [1.165, 1.54) is 0 Å². The van der Waals surface area contributed by atoms with Crippen LogP contribution in [0.2, 0.25) is 5.02 Å². The fraction of sp³-hybridized carbons (Fsp3) is 0.0714. The van der Waals surface area contributed by atoms with Crippen LogP contribution >= 0.6 is 11.6 Å². The predicted molar refractivity (Wildman–Crippen MR) is 86.0 cm³/mol. The number of H-pyrrole nitrogens is 1. The summed E-state index contributed by atoms with van der Waals surface area (Å²) in [6.07, 6.45) is 2.64. The van der Waals surface area contributed by atoms with Crippen LogP contribution in [0.25, 0.3) is 0 Å². The van der Waals surface area contributed by atoms with Gasteiger partial charge in [-0.05, 0) is 11.6 Å². The third-order valence-electron chi connectivity index (χ3n) is 3.22. The Morgan fingerprint density at radius 3 is 2.92 bits per heavy atom. The molecule has 2 heterocycles. The summed E-state index contributed by atoms with van der Waals surface area (Å²) in [4.78, 5) is 22.2. The van der Waals surface area contributed by atoms with E-state index in [2.05, 4.69) is 20.6 Å². The standard InChI is InChI=1S/C14H11ClN6O3/c15-10-4-2-1-3-9(10)8-20-6-5-12(19-20)17-14(22)13-11(21(23)24)7-16-18-13/h1-7H,8H2,(H,16,18)(H,17,19,22). The number of anilines is 1. The van der Waals surface area contributed by atoms with E-state index in [0.717, 1.165) is 11.8 Å². The molecule has 3 rings (SSSR count). The van der Waals surface area contributed by atoms with Crippen LogP contribution in [-0.4, -0.2) is 30.8 Å². The van der Waals surface area contributed by atoms with Crippen molar-refractivity contribution in [2.75, 3.05) is 5.32 Å². The SMILES string of the molecule is O=C(Nc1ccn(Cc2ccccc2Cl)n1)c1[nH]ncc1[N+](=O)[O-]. The first kappa shape index (κ1) is 15.7. The molecule has 0 aliphatic rings. The molecule has 0 aliphatic heterocycles. The van der Waals surface area contributed by atoms with E-state index in [4.69, 9.17) is 11.6 Å². The highest BCUT2D eigenvalue weighted by molar-refractivity contribution is 6.31. The lowest BCUT2D eigenvalue weighted by Gasteiger charge is -2.04. The van der Waals surface area contributed by atoms with Gasteiger partial charge in [0.15, 0.2) is 5.82 Å². The van der Waals surface area contributed by atoms with Crippen molar-refractivity contribution in [3.05, 3.63) is 69.1 Å². The summed E-state index contributed by atoms with van der Waals surface area (Å²) < 4.78 is 1.60. The smallest absolute Gasteiger partial charge is 0.304 e. The average molecular weight is 347 g/mol. The predicted octanol–water partition coefficient (Wildman–Crippen LogP) is 2.47. The number of nitrogens with zero attached hydrogens (tertiary/aromatic N) is 4. The summed E-state index contributed by atoms with van der Waals surface area (Å²) in [6.45, 7) is 0.430. The van der Waals surface area contributed by atoms with Crippen molar-refractivity contribution in [1.82, 2.24) is 20.0 Å². The van der Waals surface area contributed by atoms with Gasteiger partial charge in [-0.2, -0.15) is 10.2 Å². The summed E-state index contributed by atoms with van der Waals surface area (Å²) in [5, 5.41) is 23.9. The summed E-state index contributed by atoms with van der Waals surface area (Å²) in [7, 11) is 0. The molecule has 1 amide bonds. The highest BCUT2D eigenvalue weighted by Gasteiger charge is 2.23. The minimum Gasteiger partial charge on any atom is -0.304 e. The molecule has 0 spiro atoms. The quantitative estimate of drug-likeness (QED) is 0.543. The Bertz CT molecular complexity index is 903. The van der Waals surface area contributed by atoms with Crippen LogP contribution in [0.15, 0.2) is 42.7 Å². The molecule has 1 aromatic carbocycles. The van der Waals surface area contributed by atoms with Gasteiger partial charge in [0.25, 0.3) is 5.91 Å². The van der Waals surface area contributed by atoms with Crippen LogP contribution in [0.1, 0.15) is 16.1 Å². The normalized spacial score (nSPS) is 10.5. The van der Waals surface area contributed by atoms with Gasteiger partial charge in [0.2, 0.25) is 5.69 Å². The van der Waals surface area contributed by atoms with Gasteiger partial charge in [-0.3, -0.25) is 24.7 Å². The van der Waals surface area contributed by atoms with Gasteiger partial charge in [-0.1, -0.05) is 29.8 Å². The van der Waals surface area contributed by atoms with Gasteiger partial charge in [0.1, 0.15) is 6.20 Å². The maximum atomic E-state index is 12.1. The molecule has 0 aliphatic carbocycles. The summed E-state index contributed by atoms with van der Waals surface area (Å²) in [5.74, 6) is -0.432. The number of halogens is 1. The average Bonchev–Trinajstić information content (AvgIpc) is 3.19. The number of benzene rings is 1. The molecule has 10 heteroatoms. The summed E-state index contributed by atoms with van der Waals surface area (Å²) >= 11 is 6.09. The first-order valence-electron chi connectivity index (χ1n) is 6.80. The van der Waals surface area contributed by atoms with Crippen molar-refractivity contribution in [3.63, 3.8) is 0 Å². The maximum Gasteiger partial charge on any atom is 0.319 e. The highest BCUT2D eigenvalue weighted by atomic mass is 35.5. The molecule has 0 bridgehead atoms. The Morgan fingerprint density at radius 2 is 2.17 bits per heavy atom. The van der Waals surface area contributed by atoms with E-state index in [0.29, 0.717) is 11.6 Å². The summed E-state index contributed by atoms with van der Waals surface area (Å²) in [6, 6.07) is 8.93. The van der Waals surface area contributed by atoms with Crippen molar-refractivity contribution < 1.29 is 9.72 Å². The molecule has 2 N–H and O–H groups in total. The molecule has 2 aromatic heterocycles. The Hall–Kier alpha value is -3.20. The Morgan fingerprint density at radius 1 is 1.38 bits per heavy atom. The van der Waals surface area contributed by atoms with Gasteiger partial charge in [0.05, 0.1) is 11.5 Å². The second kappa shape index (κ2) is 6.50. The number of carbonyl (C=O) groups is 1. The molecule has 3 aromatic rings. The number of nitro groups is 1. The number of carbonyl (C=O) groups excluding carboxylic acids is 1. The number of nitrogens with one attached hydrogen (secondary N) is 2. The third kappa shape index (κ3) is 3.25. The van der Waals surface area contributed by atoms with Crippen LogP contribution in [0.5, 0.6) is 0 Å². The van der Waals surface area contributed by atoms with Crippen molar-refractivity contribution in [1.29, 1.82) is 0 Å². The number of hydrogen-bond acceptors (Lipinski definition) is 5. The van der Waals surface area contributed by atoms with Crippen molar-refractivity contribution in [2.24, 2.45) is 0 Å². The van der Waals surface area contributed by atoms with E-state index < -0.39 is 16.5 Å². The second-order valence-corrected chi connectivity index (χ2v) is 5.24. The van der Waals surface area contributed by atoms with Crippen LogP contribution in [0.3, 0.4) is 0 Å². The minimum atomic E-state index is -0.692. The van der Waals surface area contributed by atoms with E-state index in [9.17, 15) is 14.9 Å². The third-order valence-corrected chi connectivity index (χ3v) is 3.58. The monoisotopic (exact) mass is 346 g/mol. The molecule has 0 saturated carbocycles. The van der Waals surface area contributed by atoms with Crippen LogP contribution in [-0.2, 0) is 6.54 Å². The Labute approximate surface area is 140 Å². The highest BCUT2D eigenvalue weighted by Crippen LogP contribution is 2.18. The van der Waals surface area contributed by atoms with Gasteiger partial charge in [-0.25, -0.2) is 0 Å². The van der Waals surface area contributed by atoms with E-state index in [1.54, 1.807) is 23.0 Å². The van der Waals surface area contributed by atoms with Crippen LogP contribution in [0, 0.1) is 10.1 Å². The number of hydrogen-bond donors (Lipinski definition) is 2.